The molecule has 7 heteroatoms. The molecule has 27 heavy (non-hydrogen) atoms. The standard InChI is InChI=1S/C20H20N4O3/c1-26-18-10-6-9-16(19(18)27-2)24-20(25)21-12-15-11-17(23-13-22-15)14-7-4-3-5-8-14/h3-11,13H,12H2,1-2H3,(H2,21,24,25). The van der Waals surface area contributed by atoms with E-state index in [9.17, 15) is 4.79 Å². The molecule has 0 aliphatic rings. The number of amides is 2. The van der Waals surface area contributed by atoms with E-state index < -0.39 is 0 Å². The van der Waals surface area contributed by atoms with E-state index in [-0.39, 0.29) is 12.6 Å². The van der Waals surface area contributed by atoms with Crippen LogP contribution in [0.15, 0.2) is 60.9 Å². The van der Waals surface area contributed by atoms with E-state index in [1.165, 1.54) is 13.4 Å². The molecule has 0 aliphatic carbocycles. The van der Waals surface area contributed by atoms with Crippen LogP contribution in [0.25, 0.3) is 11.3 Å². The van der Waals surface area contributed by atoms with Gasteiger partial charge in [0.05, 0.1) is 37.8 Å². The summed E-state index contributed by atoms with van der Waals surface area (Å²) in [7, 11) is 3.06. The third-order valence-corrected chi connectivity index (χ3v) is 3.87. The van der Waals surface area contributed by atoms with Gasteiger partial charge in [-0.2, -0.15) is 0 Å². The van der Waals surface area contributed by atoms with Gasteiger partial charge in [-0.25, -0.2) is 14.8 Å². The molecule has 0 bridgehead atoms. The number of nitrogens with one attached hydrogen (secondary N) is 2. The van der Waals surface area contributed by atoms with E-state index in [0.717, 1.165) is 11.3 Å². The summed E-state index contributed by atoms with van der Waals surface area (Å²) in [6.45, 7) is 0.264. The minimum atomic E-state index is -0.374. The van der Waals surface area contributed by atoms with Crippen molar-refractivity contribution in [3.63, 3.8) is 0 Å². The Bertz CT molecular complexity index is 916. The fourth-order valence-corrected chi connectivity index (χ4v) is 2.58. The molecule has 0 radical (unpaired) electrons. The molecule has 2 amide bonds. The molecule has 0 saturated heterocycles. The number of nitrogens with zero attached hydrogens (tertiary/aromatic N) is 2. The molecule has 1 heterocycles. The topological polar surface area (TPSA) is 85.4 Å². The average molecular weight is 364 g/mol. The maximum atomic E-state index is 12.2. The van der Waals surface area contributed by atoms with E-state index >= 15 is 0 Å². The number of methoxy groups -OCH3 is 2. The van der Waals surface area contributed by atoms with Crippen LogP contribution >= 0.6 is 0 Å². The molecule has 0 unspecified atom stereocenters. The van der Waals surface area contributed by atoms with Crippen LogP contribution in [0.3, 0.4) is 0 Å². The lowest BCUT2D eigenvalue weighted by atomic mass is 10.1. The van der Waals surface area contributed by atoms with E-state index in [1.54, 1.807) is 25.3 Å². The fourth-order valence-electron chi connectivity index (χ4n) is 2.58. The Morgan fingerprint density at radius 2 is 1.81 bits per heavy atom. The molecule has 3 aromatic rings. The molecule has 0 atom stereocenters. The fraction of sp³-hybridized carbons (Fsp3) is 0.150. The number of carbonyl (C=O) groups excluding carboxylic acids is 1. The molecule has 3 rings (SSSR count). The van der Waals surface area contributed by atoms with Gasteiger partial charge in [0, 0.05) is 5.56 Å². The zero-order chi connectivity index (χ0) is 19.1. The lowest BCUT2D eigenvalue weighted by Gasteiger charge is -2.13. The van der Waals surface area contributed by atoms with Gasteiger partial charge >= 0.3 is 6.03 Å². The molecular weight excluding hydrogens is 344 g/mol. The zero-order valence-electron chi connectivity index (χ0n) is 15.1. The lowest BCUT2D eigenvalue weighted by Crippen LogP contribution is -2.28. The van der Waals surface area contributed by atoms with Gasteiger partial charge in [0.2, 0.25) is 0 Å². The van der Waals surface area contributed by atoms with Crippen LogP contribution in [0, 0.1) is 0 Å². The molecule has 7 nitrogen and oxygen atoms in total. The van der Waals surface area contributed by atoms with Crippen LogP contribution in [0.5, 0.6) is 11.5 Å². The van der Waals surface area contributed by atoms with Crippen LogP contribution in [-0.4, -0.2) is 30.2 Å². The summed E-state index contributed by atoms with van der Waals surface area (Å²) in [5, 5.41) is 5.53. The molecule has 0 saturated carbocycles. The minimum absolute atomic E-state index is 0.264. The molecule has 138 valence electrons. The maximum Gasteiger partial charge on any atom is 0.319 e. The normalized spacial score (nSPS) is 10.1. The molecule has 0 spiro atoms. The van der Waals surface area contributed by atoms with Gasteiger partial charge in [0.25, 0.3) is 0 Å². The van der Waals surface area contributed by atoms with E-state index in [0.29, 0.717) is 22.9 Å². The monoisotopic (exact) mass is 364 g/mol. The minimum Gasteiger partial charge on any atom is -0.493 e. The van der Waals surface area contributed by atoms with E-state index in [1.807, 2.05) is 36.4 Å². The van der Waals surface area contributed by atoms with Gasteiger partial charge in [-0.15, -0.1) is 0 Å². The first kappa shape index (κ1) is 18.2. The Kier molecular flexibility index (Phi) is 5.84. The van der Waals surface area contributed by atoms with Crippen molar-refractivity contribution in [3.05, 3.63) is 66.6 Å². The van der Waals surface area contributed by atoms with Gasteiger partial charge in [-0.1, -0.05) is 36.4 Å². The highest BCUT2D eigenvalue weighted by Gasteiger charge is 2.12. The summed E-state index contributed by atoms with van der Waals surface area (Å²) in [5.41, 5.74) is 3.02. The zero-order valence-corrected chi connectivity index (χ0v) is 15.1. The van der Waals surface area contributed by atoms with Gasteiger partial charge < -0.3 is 20.1 Å². The number of ether oxygens (including phenoxy) is 2. The first-order chi connectivity index (χ1) is 13.2. The molecule has 0 fully saturated rings. The van der Waals surface area contributed by atoms with Crippen LogP contribution in [0.1, 0.15) is 5.69 Å². The van der Waals surface area contributed by atoms with Gasteiger partial charge in [0.15, 0.2) is 11.5 Å². The van der Waals surface area contributed by atoms with Gasteiger partial charge in [-0.3, -0.25) is 0 Å². The number of anilines is 1. The summed E-state index contributed by atoms with van der Waals surface area (Å²) in [6, 6.07) is 16.5. The Balaban J connectivity index is 1.65. The van der Waals surface area contributed by atoms with Crippen LogP contribution in [0.4, 0.5) is 10.5 Å². The number of hydrogen-bond donors (Lipinski definition) is 2. The number of rotatable bonds is 6. The Hall–Kier alpha value is -3.61. The van der Waals surface area contributed by atoms with Crippen LogP contribution in [0.2, 0.25) is 0 Å². The van der Waals surface area contributed by atoms with Crippen LogP contribution in [-0.2, 0) is 6.54 Å². The molecular formula is C20H20N4O3. The first-order valence-corrected chi connectivity index (χ1v) is 8.33. The third kappa shape index (κ3) is 4.52. The first-order valence-electron chi connectivity index (χ1n) is 8.33. The lowest BCUT2D eigenvalue weighted by molar-refractivity contribution is 0.251. The summed E-state index contributed by atoms with van der Waals surface area (Å²) in [5.74, 6) is 1.00. The molecule has 0 aliphatic heterocycles. The third-order valence-electron chi connectivity index (χ3n) is 3.87. The van der Waals surface area contributed by atoms with Crippen LogP contribution < -0.4 is 20.1 Å². The maximum absolute atomic E-state index is 12.2. The highest BCUT2D eigenvalue weighted by molar-refractivity contribution is 5.91. The predicted molar refractivity (Wildman–Crippen MR) is 103 cm³/mol. The quantitative estimate of drug-likeness (QED) is 0.699. The number of benzene rings is 2. The SMILES string of the molecule is COc1cccc(NC(=O)NCc2cc(-c3ccccc3)ncn2)c1OC. The molecule has 1 aromatic heterocycles. The van der Waals surface area contributed by atoms with Crippen molar-refractivity contribution in [2.45, 2.75) is 6.54 Å². The van der Waals surface area contributed by atoms with Crippen molar-refractivity contribution >= 4 is 11.7 Å². The number of carbonyl (C=O) groups is 1. The van der Waals surface area contributed by atoms with Crippen molar-refractivity contribution in [1.82, 2.24) is 15.3 Å². The van der Waals surface area contributed by atoms with Gasteiger partial charge in [0.1, 0.15) is 6.33 Å². The van der Waals surface area contributed by atoms with Crippen molar-refractivity contribution < 1.29 is 14.3 Å². The second kappa shape index (κ2) is 8.66. The molecule has 2 aromatic carbocycles. The highest BCUT2D eigenvalue weighted by atomic mass is 16.5. The van der Waals surface area contributed by atoms with Crippen molar-refractivity contribution in [2.24, 2.45) is 0 Å². The summed E-state index contributed by atoms with van der Waals surface area (Å²) in [6.07, 6.45) is 1.49. The second-order valence-electron chi connectivity index (χ2n) is 5.61. The molecule has 2 N–H and O–H groups in total. The van der Waals surface area contributed by atoms with Crippen molar-refractivity contribution in [2.75, 3.05) is 19.5 Å². The summed E-state index contributed by atoms with van der Waals surface area (Å²) < 4.78 is 10.5. The Morgan fingerprint density at radius 1 is 1.00 bits per heavy atom. The number of hydrogen-bond acceptors (Lipinski definition) is 5. The summed E-state index contributed by atoms with van der Waals surface area (Å²) in [4.78, 5) is 20.7. The van der Waals surface area contributed by atoms with E-state index in [2.05, 4.69) is 20.6 Å². The Labute approximate surface area is 157 Å². The average Bonchev–Trinajstić information content (AvgIpc) is 2.73. The second-order valence-corrected chi connectivity index (χ2v) is 5.61. The van der Waals surface area contributed by atoms with Crippen molar-refractivity contribution in [1.29, 1.82) is 0 Å². The number of urea groups is 1. The Morgan fingerprint density at radius 3 is 2.56 bits per heavy atom. The number of para-hydroxylation sites is 1. The summed E-state index contributed by atoms with van der Waals surface area (Å²) >= 11 is 0. The number of aromatic nitrogens is 2. The predicted octanol–water partition coefficient (Wildman–Crippen LogP) is 3.48. The highest BCUT2D eigenvalue weighted by Crippen LogP contribution is 2.34. The van der Waals surface area contributed by atoms with Crippen molar-refractivity contribution in [3.8, 4) is 22.8 Å². The van der Waals surface area contributed by atoms with E-state index in [4.69, 9.17) is 9.47 Å². The largest absolute Gasteiger partial charge is 0.493 e. The van der Waals surface area contributed by atoms with Gasteiger partial charge in [-0.05, 0) is 18.2 Å². The smallest absolute Gasteiger partial charge is 0.319 e.